The van der Waals surface area contributed by atoms with Gasteiger partial charge in [-0.2, -0.15) is 0 Å². The first-order valence-electron chi connectivity index (χ1n) is 5.41. The average Bonchev–Trinajstić information content (AvgIpc) is 2.27. The molecule has 0 aromatic heterocycles. The molecule has 0 heterocycles. The van der Waals surface area contributed by atoms with Crippen molar-refractivity contribution in [3.8, 4) is 0 Å². The smallest absolute Gasteiger partial charge is 0.0597 e. The first-order chi connectivity index (χ1) is 7.27. The average molecular weight is 203 g/mol. The van der Waals surface area contributed by atoms with Crippen LogP contribution in [0.1, 0.15) is 43.9 Å². The highest BCUT2D eigenvalue weighted by atomic mass is 15.1. The van der Waals surface area contributed by atoms with E-state index in [0.717, 1.165) is 12.0 Å². The van der Waals surface area contributed by atoms with Crippen LogP contribution in [0, 0.1) is 0 Å². The molecule has 0 radical (unpaired) electrons. The molecule has 80 valence electrons. The summed E-state index contributed by atoms with van der Waals surface area (Å²) >= 11 is 0. The van der Waals surface area contributed by atoms with E-state index < -0.39 is 0 Å². The molecule has 0 saturated heterocycles. The van der Waals surface area contributed by atoms with Gasteiger partial charge in [-0.05, 0) is 29.5 Å². The van der Waals surface area contributed by atoms with E-state index in [2.05, 4.69) is 29.1 Å². The molecule has 15 heavy (non-hydrogen) atoms. The van der Waals surface area contributed by atoms with Gasteiger partial charge in [0, 0.05) is 4.91 Å². The lowest BCUT2D eigenvalue weighted by Crippen LogP contribution is -1.90. The van der Waals surface area contributed by atoms with Gasteiger partial charge < -0.3 is 0 Å². The Morgan fingerprint density at radius 2 is 2.00 bits per heavy atom. The van der Waals surface area contributed by atoms with E-state index in [-0.39, 0.29) is 6.04 Å². The van der Waals surface area contributed by atoms with Gasteiger partial charge in [-0.25, -0.2) is 0 Å². The molecule has 0 spiro atoms. The summed E-state index contributed by atoms with van der Waals surface area (Å²) in [6, 6.07) is 8.26. The maximum atomic E-state index is 8.33. The number of unbranched alkanes of at least 4 members (excludes halogenated alkanes) is 1. The van der Waals surface area contributed by atoms with Gasteiger partial charge in [-0.1, -0.05) is 49.6 Å². The third-order valence-electron chi connectivity index (χ3n) is 2.51. The van der Waals surface area contributed by atoms with Gasteiger partial charge >= 0.3 is 0 Å². The van der Waals surface area contributed by atoms with Crippen LogP contribution in [0.5, 0.6) is 0 Å². The minimum atomic E-state index is -0.0739. The van der Waals surface area contributed by atoms with E-state index in [1.165, 1.54) is 18.4 Å². The van der Waals surface area contributed by atoms with E-state index in [1.54, 1.807) is 0 Å². The number of benzene rings is 1. The molecule has 0 aliphatic carbocycles. The first kappa shape index (κ1) is 11.6. The van der Waals surface area contributed by atoms with Crippen LogP contribution in [0.15, 0.2) is 29.4 Å². The Labute approximate surface area is 90.8 Å². The predicted molar refractivity (Wildman–Crippen MR) is 62.6 cm³/mol. The van der Waals surface area contributed by atoms with Crippen LogP contribution in [0.3, 0.4) is 0 Å². The molecule has 0 fully saturated rings. The van der Waals surface area contributed by atoms with E-state index in [0.29, 0.717) is 0 Å². The molecule has 0 bridgehead atoms. The monoisotopic (exact) mass is 203 g/mol. The van der Waals surface area contributed by atoms with Gasteiger partial charge in [0.2, 0.25) is 0 Å². The lowest BCUT2D eigenvalue weighted by atomic mass is 10.0. The van der Waals surface area contributed by atoms with Crippen molar-refractivity contribution in [1.29, 1.82) is 0 Å². The molecular weight excluding hydrogens is 186 g/mol. The molecule has 1 rings (SSSR count). The Morgan fingerprint density at radius 3 is 2.53 bits per heavy atom. The van der Waals surface area contributed by atoms with Crippen molar-refractivity contribution in [3.05, 3.63) is 45.8 Å². The third kappa shape index (κ3) is 3.64. The van der Waals surface area contributed by atoms with Crippen LogP contribution in [0.25, 0.3) is 10.4 Å². The molecular formula is C12H17N3. The first-order valence-corrected chi connectivity index (χ1v) is 5.41. The maximum absolute atomic E-state index is 8.33. The molecule has 0 saturated carbocycles. The number of hydrogen-bond acceptors (Lipinski definition) is 1. The molecule has 1 aromatic carbocycles. The SMILES string of the molecule is CCCCc1ccc([C@H](C)N=[N+]=[N-])cc1. The third-order valence-corrected chi connectivity index (χ3v) is 2.51. The van der Waals surface area contributed by atoms with Crippen molar-refractivity contribution in [1.82, 2.24) is 0 Å². The largest absolute Gasteiger partial charge is 0.0862 e. The zero-order valence-corrected chi connectivity index (χ0v) is 9.35. The predicted octanol–water partition coefficient (Wildman–Crippen LogP) is 4.40. The van der Waals surface area contributed by atoms with Crippen molar-refractivity contribution >= 4 is 0 Å². The molecule has 0 aliphatic heterocycles. The van der Waals surface area contributed by atoms with Crippen molar-refractivity contribution in [2.45, 2.75) is 39.2 Å². The van der Waals surface area contributed by atoms with Gasteiger partial charge in [0.25, 0.3) is 0 Å². The number of aryl methyl sites for hydroxylation is 1. The van der Waals surface area contributed by atoms with Crippen LogP contribution in [-0.2, 0) is 6.42 Å². The molecule has 3 heteroatoms. The minimum absolute atomic E-state index is 0.0739. The Bertz CT molecular complexity index is 336. The number of azide groups is 1. The van der Waals surface area contributed by atoms with Gasteiger partial charge in [0.05, 0.1) is 6.04 Å². The Hall–Kier alpha value is -1.47. The van der Waals surface area contributed by atoms with Gasteiger partial charge in [0.15, 0.2) is 0 Å². The molecule has 0 amide bonds. The van der Waals surface area contributed by atoms with Crippen LogP contribution >= 0.6 is 0 Å². The fourth-order valence-corrected chi connectivity index (χ4v) is 1.49. The fraction of sp³-hybridized carbons (Fsp3) is 0.500. The highest BCUT2D eigenvalue weighted by molar-refractivity contribution is 5.24. The molecule has 3 nitrogen and oxygen atoms in total. The van der Waals surface area contributed by atoms with Gasteiger partial charge in [-0.15, -0.1) is 0 Å². The highest BCUT2D eigenvalue weighted by Gasteiger charge is 2.01. The Kier molecular flexibility index (Phi) is 4.72. The van der Waals surface area contributed by atoms with Crippen LogP contribution in [0.2, 0.25) is 0 Å². The molecule has 0 unspecified atom stereocenters. The van der Waals surface area contributed by atoms with E-state index in [4.69, 9.17) is 5.53 Å². The molecule has 0 N–H and O–H groups in total. The lowest BCUT2D eigenvalue weighted by Gasteiger charge is -2.06. The maximum Gasteiger partial charge on any atom is 0.0597 e. The Balaban J connectivity index is 2.67. The summed E-state index contributed by atoms with van der Waals surface area (Å²) < 4.78 is 0. The number of hydrogen-bond donors (Lipinski definition) is 0. The zero-order valence-electron chi connectivity index (χ0n) is 9.35. The van der Waals surface area contributed by atoms with Crippen LogP contribution < -0.4 is 0 Å². The molecule has 0 aliphatic rings. The second kappa shape index (κ2) is 6.10. The second-order valence-corrected chi connectivity index (χ2v) is 3.73. The van der Waals surface area contributed by atoms with Crippen molar-refractivity contribution < 1.29 is 0 Å². The summed E-state index contributed by atoms with van der Waals surface area (Å²) in [7, 11) is 0. The summed E-state index contributed by atoms with van der Waals surface area (Å²) in [6.45, 7) is 4.10. The summed E-state index contributed by atoms with van der Waals surface area (Å²) in [5, 5.41) is 3.67. The van der Waals surface area contributed by atoms with E-state index in [1.807, 2.05) is 19.1 Å². The van der Waals surface area contributed by atoms with Crippen molar-refractivity contribution in [2.24, 2.45) is 5.11 Å². The summed E-state index contributed by atoms with van der Waals surface area (Å²) in [6.07, 6.45) is 3.58. The van der Waals surface area contributed by atoms with Crippen molar-refractivity contribution in [3.63, 3.8) is 0 Å². The van der Waals surface area contributed by atoms with Crippen molar-refractivity contribution in [2.75, 3.05) is 0 Å². The fourth-order valence-electron chi connectivity index (χ4n) is 1.49. The van der Waals surface area contributed by atoms with Crippen LogP contribution in [-0.4, -0.2) is 0 Å². The summed E-state index contributed by atoms with van der Waals surface area (Å²) in [5.41, 5.74) is 10.8. The standard InChI is InChI=1S/C12H17N3/c1-3-4-5-11-6-8-12(9-7-11)10(2)14-15-13/h6-10H,3-5H2,1-2H3/t10-/m0/s1. The normalized spacial score (nSPS) is 11.9. The van der Waals surface area contributed by atoms with Gasteiger partial charge in [0.1, 0.15) is 0 Å². The number of nitrogens with zero attached hydrogens (tertiary/aromatic N) is 3. The molecule has 1 aromatic rings. The minimum Gasteiger partial charge on any atom is -0.0862 e. The molecule has 1 atom stereocenters. The van der Waals surface area contributed by atoms with E-state index >= 15 is 0 Å². The lowest BCUT2D eigenvalue weighted by molar-refractivity contribution is 0.787. The van der Waals surface area contributed by atoms with Crippen LogP contribution in [0.4, 0.5) is 0 Å². The highest BCUT2D eigenvalue weighted by Crippen LogP contribution is 2.17. The van der Waals surface area contributed by atoms with E-state index in [9.17, 15) is 0 Å². The number of rotatable bonds is 5. The topological polar surface area (TPSA) is 48.8 Å². The second-order valence-electron chi connectivity index (χ2n) is 3.73. The Morgan fingerprint density at radius 1 is 1.33 bits per heavy atom. The summed E-state index contributed by atoms with van der Waals surface area (Å²) in [4.78, 5) is 2.81. The quantitative estimate of drug-likeness (QED) is 0.387. The summed E-state index contributed by atoms with van der Waals surface area (Å²) in [5.74, 6) is 0. The zero-order chi connectivity index (χ0) is 11.1. The van der Waals surface area contributed by atoms with Gasteiger partial charge in [-0.3, -0.25) is 0 Å².